The van der Waals surface area contributed by atoms with Gasteiger partial charge in [0.15, 0.2) is 0 Å². The summed E-state index contributed by atoms with van der Waals surface area (Å²) in [7, 11) is 0. The van der Waals surface area contributed by atoms with Crippen LogP contribution >= 0.6 is 27.5 Å². The molecule has 2 aromatic rings. The summed E-state index contributed by atoms with van der Waals surface area (Å²) in [6.45, 7) is 0. The number of aliphatic hydroxyl groups excluding tert-OH is 1. The number of furan rings is 1. The molecule has 0 spiro atoms. The maximum absolute atomic E-state index is 13.6. The van der Waals surface area contributed by atoms with Gasteiger partial charge >= 0.3 is 0 Å². The van der Waals surface area contributed by atoms with Crippen molar-refractivity contribution in [2.24, 2.45) is 0 Å². The van der Waals surface area contributed by atoms with Gasteiger partial charge in [0.25, 0.3) is 0 Å². The van der Waals surface area contributed by atoms with E-state index in [0.29, 0.717) is 15.1 Å². The molecule has 84 valence electrons. The number of halogens is 3. The molecule has 16 heavy (non-hydrogen) atoms. The normalized spacial score (nSPS) is 12.8. The Morgan fingerprint density at radius 1 is 1.44 bits per heavy atom. The highest BCUT2D eigenvalue weighted by atomic mass is 79.9. The van der Waals surface area contributed by atoms with Gasteiger partial charge in [0.2, 0.25) is 0 Å². The van der Waals surface area contributed by atoms with Gasteiger partial charge in [-0.2, -0.15) is 0 Å². The molecule has 0 saturated heterocycles. The Morgan fingerprint density at radius 2 is 2.19 bits per heavy atom. The molecule has 2 rings (SSSR count). The van der Waals surface area contributed by atoms with Crippen molar-refractivity contribution in [3.8, 4) is 0 Å². The molecule has 1 aromatic carbocycles. The van der Waals surface area contributed by atoms with E-state index in [1.54, 1.807) is 6.07 Å². The fourth-order valence-electron chi connectivity index (χ4n) is 1.36. The van der Waals surface area contributed by atoms with E-state index in [1.807, 2.05) is 0 Å². The fourth-order valence-corrected chi connectivity index (χ4v) is 1.85. The zero-order valence-corrected chi connectivity index (χ0v) is 10.3. The molecule has 1 unspecified atom stereocenters. The second-order valence-electron chi connectivity index (χ2n) is 3.25. The lowest BCUT2D eigenvalue weighted by Gasteiger charge is -2.11. The highest BCUT2D eigenvalue weighted by molar-refractivity contribution is 9.10. The fraction of sp³-hybridized carbons (Fsp3) is 0.0909. The van der Waals surface area contributed by atoms with Gasteiger partial charge < -0.3 is 9.52 Å². The molecule has 0 bridgehead atoms. The molecule has 0 aliphatic rings. The average Bonchev–Trinajstić information content (AvgIpc) is 2.75. The predicted octanol–water partition coefficient (Wildman–Crippen LogP) is 3.92. The number of rotatable bonds is 2. The maximum atomic E-state index is 13.6. The van der Waals surface area contributed by atoms with E-state index >= 15 is 0 Å². The Kier molecular flexibility index (Phi) is 3.33. The van der Waals surface area contributed by atoms with Gasteiger partial charge in [-0.05, 0) is 34.1 Å². The minimum absolute atomic E-state index is 0.120. The number of hydrogen-bond acceptors (Lipinski definition) is 2. The summed E-state index contributed by atoms with van der Waals surface area (Å²) in [5.41, 5.74) is 0.604. The molecule has 0 aliphatic heterocycles. The highest BCUT2D eigenvalue weighted by Crippen LogP contribution is 2.31. The summed E-state index contributed by atoms with van der Waals surface area (Å²) in [6.07, 6.45) is 1.70. The third-order valence-electron chi connectivity index (χ3n) is 2.19. The second-order valence-corrected chi connectivity index (χ2v) is 4.51. The molecule has 5 heteroatoms. The van der Waals surface area contributed by atoms with Crippen molar-refractivity contribution in [1.29, 1.82) is 0 Å². The van der Waals surface area contributed by atoms with Gasteiger partial charge in [-0.25, -0.2) is 4.39 Å². The van der Waals surface area contributed by atoms with Crippen molar-refractivity contribution in [1.82, 2.24) is 0 Å². The van der Waals surface area contributed by atoms with Gasteiger partial charge in [0.05, 0.1) is 17.5 Å². The van der Waals surface area contributed by atoms with Crippen molar-refractivity contribution in [3.05, 3.63) is 57.2 Å². The van der Waals surface area contributed by atoms with Crippen molar-refractivity contribution in [2.45, 2.75) is 6.10 Å². The van der Waals surface area contributed by atoms with Crippen LogP contribution < -0.4 is 0 Å². The summed E-state index contributed by atoms with van der Waals surface area (Å²) in [4.78, 5) is 0. The first-order valence-corrected chi connectivity index (χ1v) is 5.61. The number of aliphatic hydroxyl groups is 1. The third-order valence-corrected chi connectivity index (χ3v) is 3.39. The van der Waals surface area contributed by atoms with Crippen molar-refractivity contribution < 1.29 is 13.9 Å². The van der Waals surface area contributed by atoms with Gasteiger partial charge in [-0.3, -0.25) is 0 Å². The Hall–Kier alpha value is -0.840. The first-order valence-electron chi connectivity index (χ1n) is 4.44. The van der Waals surface area contributed by atoms with E-state index in [-0.39, 0.29) is 5.56 Å². The van der Waals surface area contributed by atoms with Crippen molar-refractivity contribution in [3.63, 3.8) is 0 Å². The lowest BCUT2D eigenvalue weighted by Crippen LogP contribution is -2.01. The van der Waals surface area contributed by atoms with Crippen LogP contribution in [0.2, 0.25) is 5.02 Å². The monoisotopic (exact) mass is 304 g/mol. The SMILES string of the molecule is OC(c1ccoc1)c1cc(Cl)c(Br)cc1F. The van der Waals surface area contributed by atoms with Crippen LogP contribution in [0.1, 0.15) is 17.2 Å². The average molecular weight is 306 g/mol. The number of hydrogen-bond donors (Lipinski definition) is 1. The van der Waals surface area contributed by atoms with E-state index < -0.39 is 11.9 Å². The van der Waals surface area contributed by atoms with Gasteiger partial charge in [0, 0.05) is 15.6 Å². The van der Waals surface area contributed by atoms with Crippen LogP contribution in [-0.2, 0) is 0 Å². The predicted molar refractivity (Wildman–Crippen MR) is 61.9 cm³/mol. The molecular formula is C11H7BrClFO2. The quantitative estimate of drug-likeness (QED) is 0.853. The first kappa shape index (κ1) is 11.6. The van der Waals surface area contributed by atoms with E-state index in [9.17, 15) is 9.50 Å². The molecular weight excluding hydrogens is 298 g/mol. The molecule has 0 radical (unpaired) electrons. The second kappa shape index (κ2) is 4.57. The van der Waals surface area contributed by atoms with Crippen LogP contribution in [0, 0.1) is 5.82 Å². The Bertz CT molecular complexity index is 499. The summed E-state index contributed by atoms with van der Waals surface area (Å²) in [5, 5.41) is 10.2. The Labute approximate surface area is 105 Å². The van der Waals surface area contributed by atoms with Crippen molar-refractivity contribution >= 4 is 27.5 Å². The Morgan fingerprint density at radius 3 is 2.81 bits per heavy atom. The summed E-state index contributed by atoms with van der Waals surface area (Å²) in [6, 6.07) is 4.18. The molecule has 0 amide bonds. The molecule has 0 aliphatic carbocycles. The zero-order chi connectivity index (χ0) is 11.7. The van der Waals surface area contributed by atoms with Crippen LogP contribution in [0.3, 0.4) is 0 Å². The minimum atomic E-state index is -1.08. The smallest absolute Gasteiger partial charge is 0.130 e. The van der Waals surface area contributed by atoms with E-state index in [1.165, 1.54) is 24.7 Å². The topological polar surface area (TPSA) is 33.4 Å². The zero-order valence-electron chi connectivity index (χ0n) is 7.95. The summed E-state index contributed by atoms with van der Waals surface area (Å²) in [5.74, 6) is -0.523. The van der Waals surface area contributed by atoms with Crippen LogP contribution in [0.4, 0.5) is 4.39 Å². The standard InChI is InChI=1S/C11H7BrClFO2/c12-8-4-10(14)7(3-9(8)13)11(15)6-1-2-16-5-6/h1-5,11,15H. The van der Waals surface area contributed by atoms with Gasteiger partial charge in [0.1, 0.15) is 11.9 Å². The maximum Gasteiger partial charge on any atom is 0.130 e. The largest absolute Gasteiger partial charge is 0.472 e. The van der Waals surface area contributed by atoms with Gasteiger partial charge in [-0.1, -0.05) is 11.6 Å². The Balaban J connectivity index is 2.44. The molecule has 1 heterocycles. The third kappa shape index (κ3) is 2.14. The van der Waals surface area contributed by atoms with E-state index in [2.05, 4.69) is 15.9 Å². The molecule has 0 fully saturated rings. The minimum Gasteiger partial charge on any atom is -0.472 e. The lowest BCUT2D eigenvalue weighted by atomic mass is 10.0. The summed E-state index contributed by atoms with van der Waals surface area (Å²) >= 11 is 8.95. The van der Waals surface area contributed by atoms with Crippen LogP contribution in [0.15, 0.2) is 39.6 Å². The van der Waals surface area contributed by atoms with Gasteiger partial charge in [-0.15, -0.1) is 0 Å². The van der Waals surface area contributed by atoms with Crippen molar-refractivity contribution in [2.75, 3.05) is 0 Å². The lowest BCUT2D eigenvalue weighted by molar-refractivity contribution is 0.214. The number of benzene rings is 1. The van der Waals surface area contributed by atoms with Crippen LogP contribution in [-0.4, -0.2) is 5.11 Å². The molecule has 0 saturated carbocycles. The first-order chi connectivity index (χ1) is 7.59. The molecule has 1 N–H and O–H groups in total. The molecule has 1 atom stereocenters. The van der Waals surface area contributed by atoms with E-state index in [0.717, 1.165) is 0 Å². The van der Waals surface area contributed by atoms with E-state index in [4.69, 9.17) is 16.0 Å². The van der Waals surface area contributed by atoms with Crippen LogP contribution in [0.25, 0.3) is 0 Å². The highest BCUT2D eigenvalue weighted by Gasteiger charge is 2.17. The molecule has 2 nitrogen and oxygen atoms in total. The van der Waals surface area contributed by atoms with Crippen LogP contribution in [0.5, 0.6) is 0 Å². The molecule has 1 aromatic heterocycles. The summed E-state index contributed by atoms with van der Waals surface area (Å²) < 4.78 is 18.9.